The predicted molar refractivity (Wildman–Crippen MR) is 103 cm³/mol. The number of benzene rings is 2. The molecule has 5 heteroatoms. The van der Waals surface area contributed by atoms with Crippen LogP contribution >= 0.6 is 0 Å². The average molecular weight is 368 g/mol. The van der Waals surface area contributed by atoms with Crippen LogP contribution in [0.4, 0.5) is 0 Å². The maximum atomic E-state index is 11.3. The van der Waals surface area contributed by atoms with Crippen molar-refractivity contribution in [2.24, 2.45) is 0 Å². The highest BCUT2D eigenvalue weighted by Gasteiger charge is 2.14. The first-order valence-corrected chi connectivity index (χ1v) is 9.04. The van der Waals surface area contributed by atoms with Gasteiger partial charge >= 0.3 is 5.97 Å². The fourth-order valence-electron chi connectivity index (χ4n) is 2.99. The lowest BCUT2D eigenvalue weighted by molar-refractivity contribution is -0.142. The maximum absolute atomic E-state index is 11.3. The van der Waals surface area contributed by atoms with Crippen molar-refractivity contribution in [3.05, 3.63) is 65.9 Å². The summed E-state index contributed by atoms with van der Waals surface area (Å²) in [6, 6.07) is 16.0. The largest absolute Gasteiger partial charge is 0.478 e. The van der Waals surface area contributed by atoms with E-state index in [0.29, 0.717) is 30.5 Å². The molecule has 3 aromatic rings. The molecule has 0 saturated carbocycles. The third-order valence-electron chi connectivity index (χ3n) is 4.56. The number of fused-ring (bicyclic) bond motifs is 1. The van der Waals surface area contributed by atoms with E-state index in [-0.39, 0.29) is 6.61 Å². The van der Waals surface area contributed by atoms with Crippen molar-refractivity contribution in [3.63, 3.8) is 0 Å². The first-order chi connectivity index (χ1) is 13.2. The van der Waals surface area contributed by atoms with Crippen LogP contribution in [0, 0.1) is 0 Å². The average Bonchev–Trinajstić information content (AvgIpc) is 3.13. The van der Waals surface area contributed by atoms with E-state index < -0.39 is 5.97 Å². The van der Waals surface area contributed by atoms with Gasteiger partial charge in [0, 0.05) is 16.9 Å². The number of esters is 1. The highest BCUT2D eigenvalue weighted by atomic mass is 16.6. The fourth-order valence-corrected chi connectivity index (χ4v) is 2.99. The molecule has 0 aliphatic carbocycles. The van der Waals surface area contributed by atoms with Crippen molar-refractivity contribution in [1.82, 2.24) is 0 Å². The summed E-state index contributed by atoms with van der Waals surface area (Å²) in [4.78, 5) is 11.3. The van der Waals surface area contributed by atoms with Crippen LogP contribution < -0.4 is 4.74 Å². The minimum absolute atomic E-state index is 0.155. The van der Waals surface area contributed by atoms with Crippen LogP contribution in [0.1, 0.15) is 30.4 Å². The molecule has 0 saturated heterocycles. The lowest BCUT2D eigenvalue weighted by Crippen LogP contribution is -2.12. The summed E-state index contributed by atoms with van der Waals surface area (Å²) >= 11 is 0. The molecule has 142 valence electrons. The van der Waals surface area contributed by atoms with Crippen LogP contribution in [0.5, 0.6) is 5.75 Å². The Hall–Kier alpha value is -2.79. The molecule has 0 N–H and O–H groups in total. The van der Waals surface area contributed by atoms with E-state index in [1.807, 2.05) is 18.2 Å². The summed E-state index contributed by atoms with van der Waals surface area (Å²) < 4.78 is 21.7. The summed E-state index contributed by atoms with van der Waals surface area (Å²) in [6.45, 7) is 3.11. The van der Waals surface area contributed by atoms with Crippen molar-refractivity contribution >= 4 is 16.9 Å². The topological polar surface area (TPSA) is 57.9 Å². The third-order valence-corrected chi connectivity index (χ3v) is 4.56. The van der Waals surface area contributed by atoms with Gasteiger partial charge in [-0.3, -0.25) is 0 Å². The summed E-state index contributed by atoms with van der Waals surface area (Å²) in [5, 5.41) is 0.921. The Kier molecular flexibility index (Phi) is 6.49. The van der Waals surface area contributed by atoms with E-state index >= 15 is 0 Å². The second-order valence-electron chi connectivity index (χ2n) is 6.29. The van der Waals surface area contributed by atoms with Crippen LogP contribution in [0.3, 0.4) is 0 Å². The highest BCUT2D eigenvalue weighted by molar-refractivity contribution is 5.86. The number of carbonyl (C=O) groups excluding carboxylic acids is 1. The fraction of sp³-hybridized carbons (Fsp3) is 0.318. The van der Waals surface area contributed by atoms with Gasteiger partial charge in [-0.15, -0.1) is 0 Å². The second kappa shape index (κ2) is 9.24. The van der Waals surface area contributed by atoms with Gasteiger partial charge in [-0.1, -0.05) is 49.4 Å². The molecule has 1 atom stereocenters. The molecule has 0 fully saturated rings. The lowest BCUT2D eigenvalue weighted by Gasteiger charge is -2.15. The van der Waals surface area contributed by atoms with Gasteiger partial charge in [0.1, 0.15) is 0 Å². The van der Waals surface area contributed by atoms with Gasteiger partial charge < -0.3 is 18.6 Å². The maximum Gasteiger partial charge on any atom is 0.343 e. The number of furan rings is 1. The summed E-state index contributed by atoms with van der Waals surface area (Å²) in [7, 11) is 1.33. The van der Waals surface area contributed by atoms with E-state index in [0.717, 1.165) is 17.4 Å². The number of ether oxygens (including phenoxy) is 3. The van der Waals surface area contributed by atoms with Crippen LogP contribution in [-0.4, -0.2) is 26.3 Å². The predicted octanol–water partition coefficient (Wildman–Crippen LogP) is 4.70. The molecule has 1 heterocycles. The Balaban J connectivity index is 1.64. The molecule has 0 aliphatic heterocycles. The lowest BCUT2D eigenvalue weighted by atomic mass is 9.98. The van der Waals surface area contributed by atoms with Crippen LogP contribution in [0.15, 0.2) is 59.2 Å². The summed E-state index contributed by atoms with van der Waals surface area (Å²) in [6.07, 6.45) is 2.70. The molecule has 1 aromatic heterocycles. The molecule has 5 nitrogen and oxygen atoms in total. The van der Waals surface area contributed by atoms with Gasteiger partial charge in [-0.05, 0) is 18.1 Å². The zero-order valence-corrected chi connectivity index (χ0v) is 15.6. The highest BCUT2D eigenvalue weighted by Crippen LogP contribution is 2.30. The molecule has 0 bridgehead atoms. The van der Waals surface area contributed by atoms with E-state index in [9.17, 15) is 4.79 Å². The van der Waals surface area contributed by atoms with Gasteiger partial charge in [0.05, 0.1) is 26.6 Å². The van der Waals surface area contributed by atoms with E-state index in [1.54, 1.807) is 12.3 Å². The Morgan fingerprint density at radius 1 is 1.11 bits per heavy atom. The molecule has 0 aliphatic rings. The van der Waals surface area contributed by atoms with Gasteiger partial charge in [0.25, 0.3) is 0 Å². The summed E-state index contributed by atoms with van der Waals surface area (Å²) in [5.41, 5.74) is 2.85. The third kappa shape index (κ3) is 4.68. The number of hydrogen-bond donors (Lipinski definition) is 0. The quantitative estimate of drug-likeness (QED) is 0.513. The van der Waals surface area contributed by atoms with Crippen molar-refractivity contribution < 1.29 is 23.4 Å². The molecule has 0 radical (unpaired) electrons. The minimum Gasteiger partial charge on any atom is -0.478 e. The molecule has 2 aromatic carbocycles. The van der Waals surface area contributed by atoms with Gasteiger partial charge in [0.2, 0.25) is 0 Å². The Morgan fingerprint density at radius 2 is 1.93 bits per heavy atom. The van der Waals surface area contributed by atoms with Crippen molar-refractivity contribution in [3.8, 4) is 5.75 Å². The molecule has 0 amide bonds. The van der Waals surface area contributed by atoms with Gasteiger partial charge in [0.15, 0.2) is 17.9 Å². The number of hydrogen-bond acceptors (Lipinski definition) is 5. The Labute approximate surface area is 158 Å². The standard InChI is InChI=1S/C22H24O5/c1-3-16(17-8-5-4-6-9-17)12-25-13-18-14-27-22-19(18)10-7-11-20(22)26-15-21(23)24-2/h4-11,14,16H,3,12-13,15H2,1-2H3. The Bertz CT molecular complexity index is 869. The molecular weight excluding hydrogens is 344 g/mol. The van der Waals surface area contributed by atoms with E-state index in [2.05, 4.69) is 35.9 Å². The molecule has 27 heavy (non-hydrogen) atoms. The van der Waals surface area contributed by atoms with Crippen molar-refractivity contribution in [2.75, 3.05) is 20.3 Å². The van der Waals surface area contributed by atoms with Crippen LogP contribution in [0.2, 0.25) is 0 Å². The molecule has 1 unspecified atom stereocenters. The number of para-hydroxylation sites is 1. The van der Waals surface area contributed by atoms with Crippen LogP contribution in [-0.2, 0) is 20.9 Å². The van der Waals surface area contributed by atoms with Crippen LogP contribution in [0.25, 0.3) is 11.0 Å². The number of methoxy groups -OCH3 is 1. The zero-order chi connectivity index (χ0) is 19.1. The first kappa shape index (κ1) is 19.0. The zero-order valence-electron chi connectivity index (χ0n) is 15.6. The SMILES string of the molecule is CCC(COCc1coc2c(OCC(=O)OC)cccc12)c1ccccc1. The van der Waals surface area contributed by atoms with Gasteiger partial charge in [-0.25, -0.2) is 4.79 Å². The Morgan fingerprint density at radius 3 is 2.67 bits per heavy atom. The van der Waals surface area contributed by atoms with E-state index in [1.165, 1.54) is 12.7 Å². The second-order valence-corrected chi connectivity index (χ2v) is 6.29. The molecule has 0 spiro atoms. The van der Waals surface area contributed by atoms with Gasteiger partial charge in [-0.2, -0.15) is 0 Å². The number of rotatable bonds is 9. The van der Waals surface area contributed by atoms with Crippen molar-refractivity contribution in [1.29, 1.82) is 0 Å². The van der Waals surface area contributed by atoms with Crippen molar-refractivity contribution in [2.45, 2.75) is 25.9 Å². The first-order valence-electron chi connectivity index (χ1n) is 9.04. The molecular formula is C22H24O5. The smallest absolute Gasteiger partial charge is 0.343 e. The number of carbonyl (C=O) groups is 1. The van der Waals surface area contributed by atoms with E-state index in [4.69, 9.17) is 13.9 Å². The normalized spacial score (nSPS) is 12.1. The minimum atomic E-state index is -0.436. The molecule has 3 rings (SSSR count). The monoisotopic (exact) mass is 368 g/mol. The summed E-state index contributed by atoms with van der Waals surface area (Å²) in [5.74, 6) is 0.442.